The Bertz CT molecular complexity index is 412. The first kappa shape index (κ1) is 13.1. The summed E-state index contributed by atoms with van der Waals surface area (Å²) in [6.45, 7) is 2.20. The number of hydrogen-bond acceptors (Lipinski definition) is 1. The van der Waals surface area contributed by atoms with Crippen molar-refractivity contribution in [2.75, 3.05) is 0 Å². The van der Waals surface area contributed by atoms with Crippen molar-refractivity contribution in [1.82, 2.24) is 0 Å². The Morgan fingerprint density at radius 3 is 2.56 bits per heavy atom. The van der Waals surface area contributed by atoms with E-state index in [0.717, 1.165) is 24.0 Å². The molecule has 0 heterocycles. The van der Waals surface area contributed by atoms with E-state index in [2.05, 4.69) is 13.0 Å². The fourth-order valence-electron chi connectivity index (χ4n) is 2.16. The van der Waals surface area contributed by atoms with E-state index in [0.29, 0.717) is 5.92 Å². The van der Waals surface area contributed by atoms with Crippen LogP contribution in [0.25, 0.3) is 0 Å². The number of hydrogen-bond donors (Lipinski definition) is 0. The minimum Gasteiger partial charge on any atom is -0.289 e. The lowest BCUT2D eigenvalue weighted by atomic mass is 9.97. The van der Waals surface area contributed by atoms with E-state index >= 15 is 0 Å². The molecule has 1 aliphatic carbocycles. The van der Waals surface area contributed by atoms with Crippen molar-refractivity contribution in [1.29, 1.82) is 0 Å². The third-order valence-electron chi connectivity index (χ3n) is 3.44. The lowest BCUT2D eigenvalue weighted by Crippen LogP contribution is -2.04. The Balaban J connectivity index is 2.06. The van der Waals surface area contributed by atoms with E-state index in [1.54, 1.807) is 0 Å². The SMILES string of the molecule is CCCCCC(=CC1CC1)C(=O)c1ccccc1. The summed E-state index contributed by atoms with van der Waals surface area (Å²) < 4.78 is 0. The minimum absolute atomic E-state index is 0.235. The molecule has 0 atom stereocenters. The van der Waals surface area contributed by atoms with Gasteiger partial charge < -0.3 is 0 Å². The van der Waals surface area contributed by atoms with Gasteiger partial charge >= 0.3 is 0 Å². The molecular formula is C17H22O. The summed E-state index contributed by atoms with van der Waals surface area (Å²) in [5.41, 5.74) is 1.87. The maximum absolute atomic E-state index is 12.4. The van der Waals surface area contributed by atoms with E-state index < -0.39 is 0 Å². The summed E-state index contributed by atoms with van der Waals surface area (Å²) >= 11 is 0. The highest BCUT2D eigenvalue weighted by Crippen LogP contribution is 2.33. The van der Waals surface area contributed by atoms with Gasteiger partial charge in [-0.3, -0.25) is 4.79 Å². The molecule has 0 aliphatic heterocycles. The molecule has 1 fully saturated rings. The van der Waals surface area contributed by atoms with Gasteiger partial charge in [-0.15, -0.1) is 0 Å². The lowest BCUT2D eigenvalue weighted by Gasteiger charge is -2.06. The average molecular weight is 242 g/mol. The van der Waals surface area contributed by atoms with E-state index in [1.165, 1.54) is 25.7 Å². The highest BCUT2D eigenvalue weighted by molar-refractivity contribution is 6.08. The zero-order valence-electron chi connectivity index (χ0n) is 11.2. The summed E-state index contributed by atoms with van der Waals surface area (Å²) in [5.74, 6) is 0.910. The van der Waals surface area contributed by atoms with Gasteiger partial charge in [0.25, 0.3) is 0 Å². The van der Waals surface area contributed by atoms with Crippen LogP contribution in [0.1, 0.15) is 55.8 Å². The van der Waals surface area contributed by atoms with Gasteiger partial charge in [-0.05, 0) is 37.2 Å². The van der Waals surface area contributed by atoms with Crippen molar-refractivity contribution in [2.45, 2.75) is 45.4 Å². The third-order valence-corrected chi connectivity index (χ3v) is 3.44. The van der Waals surface area contributed by atoms with Crippen LogP contribution in [0.15, 0.2) is 42.0 Å². The van der Waals surface area contributed by atoms with E-state index in [4.69, 9.17) is 0 Å². The first-order valence-electron chi connectivity index (χ1n) is 7.11. The molecule has 1 aromatic carbocycles. The average Bonchev–Trinajstić information content (AvgIpc) is 3.22. The lowest BCUT2D eigenvalue weighted by molar-refractivity contribution is 0.102. The zero-order valence-corrected chi connectivity index (χ0v) is 11.2. The molecule has 1 aromatic rings. The molecule has 2 rings (SSSR count). The summed E-state index contributed by atoms with van der Waals surface area (Å²) in [5, 5.41) is 0. The molecule has 0 unspecified atom stereocenters. The molecule has 1 saturated carbocycles. The smallest absolute Gasteiger partial charge is 0.188 e. The van der Waals surface area contributed by atoms with Crippen LogP contribution in [0.2, 0.25) is 0 Å². The second kappa shape index (κ2) is 6.53. The van der Waals surface area contributed by atoms with Gasteiger partial charge in [-0.25, -0.2) is 0 Å². The number of carbonyl (C=O) groups is 1. The number of ketones is 1. The van der Waals surface area contributed by atoms with Crippen molar-refractivity contribution in [3.63, 3.8) is 0 Å². The normalized spacial score (nSPS) is 15.7. The molecule has 1 aliphatic rings. The third kappa shape index (κ3) is 3.83. The van der Waals surface area contributed by atoms with E-state index in [1.807, 2.05) is 30.3 Å². The Morgan fingerprint density at radius 1 is 1.22 bits per heavy atom. The second-order valence-electron chi connectivity index (χ2n) is 5.18. The molecular weight excluding hydrogens is 220 g/mol. The quantitative estimate of drug-likeness (QED) is 0.382. The van der Waals surface area contributed by atoms with Gasteiger partial charge in [0, 0.05) is 5.56 Å². The second-order valence-corrected chi connectivity index (χ2v) is 5.18. The number of carbonyl (C=O) groups excluding carboxylic acids is 1. The Kier molecular flexibility index (Phi) is 4.74. The van der Waals surface area contributed by atoms with Crippen molar-refractivity contribution in [3.05, 3.63) is 47.5 Å². The van der Waals surface area contributed by atoms with Gasteiger partial charge in [-0.1, -0.05) is 56.2 Å². The van der Waals surface area contributed by atoms with Gasteiger partial charge in [0.1, 0.15) is 0 Å². The van der Waals surface area contributed by atoms with Crippen LogP contribution in [0.5, 0.6) is 0 Å². The fourth-order valence-corrected chi connectivity index (χ4v) is 2.16. The maximum atomic E-state index is 12.4. The van der Waals surface area contributed by atoms with Crippen molar-refractivity contribution in [3.8, 4) is 0 Å². The van der Waals surface area contributed by atoms with Crippen LogP contribution in [0.3, 0.4) is 0 Å². The van der Waals surface area contributed by atoms with Crippen molar-refractivity contribution in [2.24, 2.45) is 5.92 Å². The van der Waals surface area contributed by atoms with Crippen LogP contribution in [0.4, 0.5) is 0 Å². The van der Waals surface area contributed by atoms with Crippen LogP contribution < -0.4 is 0 Å². The van der Waals surface area contributed by atoms with E-state index in [9.17, 15) is 4.79 Å². The molecule has 18 heavy (non-hydrogen) atoms. The summed E-state index contributed by atoms with van der Waals surface area (Å²) in [4.78, 5) is 12.4. The maximum Gasteiger partial charge on any atom is 0.188 e. The molecule has 1 heteroatoms. The number of Topliss-reactive ketones (excluding diaryl/α,β-unsaturated/α-hetero) is 1. The minimum atomic E-state index is 0.235. The molecule has 0 aromatic heterocycles. The van der Waals surface area contributed by atoms with Gasteiger partial charge in [0.15, 0.2) is 5.78 Å². The zero-order chi connectivity index (χ0) is 12.8. The highest BCUT2D eigenvalue weighted by atomic mass is 16.1. The molecule has 0 N–H and O–H groups in total. The summed E-state index contributed by atoms with van der Waals surface area (Å²) in [7, 11) is 0. The molecule has 0 spiro atoms. The van der Waals surface area contributed by atoms with Crippen LogP contribution >= 0.6 is 0 Å². The van der Waals surface area contributed by atoms with Crippen LogP contribution in [-0.2, 0) is 0 Å². The fraction of sp³-hybridized carbons (Fsp3) is 0.471. The number of benzene rings is 1. The monoisotopic (exact) mass is 242 g/mol. The molecule has 0 amide bonds. The number of rotatable bonds is 7. The van der Waals surface area contributed by atoms with Crippen molar-refractivity contribution < 1.29 is 4.79 Å². The summed E-state index contributed by atoms with van der Waals surface area (Å²) in [6, 6.07) is 9.67. The number of unbranched alkanes of at least 4 members (excludes halogenated alkanes) is 2. The predicted molar refractivity (Wildman–Crippen MR) is 75.7 cm³/mol. The number of allylic oxidation sites excluding steroid dienone is 2. The molecule has 0 bridgehead atoms. The first-order valence-corrected chi connectivity index (χ1v) is 7.11. The molecule has 0 radical (unpaired) electrons. The largest absolute Gasteiger partial charge is 0.289 e. The Hall–Kier alpha value is -1.37. The molecule has 0 saturated heterocycles. The standard InChI is InChI=1S/C17H22O/c1-2-3-5-10-16(13-14-11-12-14)17(18)15-8-6-4-7-9-15/h4,6-9,13-14H,2-3,5,10-12H2,1H3. The predicted octanol–water partition coefficient (Wildman–Crippen LogP) is 4.79. The van der Waals surface area contributed by atoms with Crippen LogP contribution in [-0.4, -0.2) is 5.78 Å². The molecule has 96 valence electrons. The first-order chi connectivity index (χ1) is 8.81. The Morgan fingerprint density at radius 2 is 1.94 bits per heavy atom. The van der Waals surface area contributed by atoms with Gasteiger partial charge in [0.2, 0.25) is 0 Å². The highest BCUT2D eigenvalue weighted by Gasteiger charge is 2.21. The summed E-state index contributed by atoms with van der Waals surface area (Å²) in [6.07, 6.45) is 9.25. The van der Waals surface area contributed by atoms with E-state index in [-0.39, 0.29) is 5.78 Å². The van der Waals surface area contributed by atoms with Gasteiger partial charge in [-0.2, -0.15) is 0 Å². The topological polar surface area (TPSA) is 17.1 Å². The van der Waals surface area contributed by atoms with Crippen molar-refractivity contribution >= 4 is 5.78 Å². The molecule has 1 nitrogen and oxygen atoms in total. The Labute approximate surface area is 110 Å². The van der Waals surface area contributed by atoms with Gasteiger partial charge in [0.05, 0.1) is 0 Å². The van der Waals surface area contributed by atoms with Crippen LogP contribution in [0, 0.1) is 5.92 Å².